The zero-order valence-corrected chi connectivity index (χ0v) is 20.6. The highest BCUT2D eigenvalue weighted by Crippen LogP contribution is 2.30. The van der Waals surface area contributed by atoms with Gasteiger partial charge in [0.15, 0.2) is 5.78 Å². The normalized spacial score (nSPS) is 18.4. The molecule has 6 heteroatoms. The van der Waals surface area contributed by atoms with Crippen molar-refractivity contribution in [3.8, 4) is 0 Å². The summed E-state index contributed by atoms with van der Waals surface area (Å²) in [6.45, 7) is 6.59. The third-order valence-electron chi connectivity index (χ3n) is 6.96. The lowest BCUT2D eigenvalue weighted by Gasteiger charge is -2.25. The van der Waals surface area contributed by atoms with Crippen molar-refractivity contribution in [1.29, 1.82) is 0 Å². The Morgan fingerprint density at radius 3 is 2.40 bits per heavy atom. The minimum absolute atomic E-state index is 0.0307. The maximum atomic E-state index is 12.9. The zero-order chi connectivity index (χ0) is 25.3. The molecule has 1 fully saturated rings. The predicted molar refractivity (Wildman–Crippen MR) is 131 cm³/mol. The molecular weight excluding hydrogens is 442 g/mol. The number of rotatable bonds is 6. The second kappa shape index (κ2) is 9.68. The molecule has 1 heterocycles. The fraction of sp³-hybridized carbons (Fsp3) is 0.414. The number of nitrogens with zero attached hydrogens (tertiary/aromatic N) is 1. The highest BCUT2D eigenvalue weighted by atomic mass is 16.2. The van der Waals surface area contributed by atoms with Crippen molar-refractivity contribution in [2.45, 2.75) is 77.3 Å². The van der Waals surface area contributed by atoms with Crippen LogP contribution in [-0.2, 0) is 32.8 Å². The summed E-state index contributed by atoms with van der Waals surface area (Å²) in [7, 11) is 0. The molecule has 1 amide bonds. The van der Waals surface area contributed by atoms with Gasteiger partial charge in [-0.3, -0.25) is 24.0 Å². The van der Waals surface area contributed by atoms with Gasteiger partial charge in [-0.05, 0) is 47.4 Å². The molecule has 0 N–H and O–H groups in total. The van der Waals surface area contributed by atoms with Crippen molar-refractivity contribution < 1.29 is 24.0 Å². The largest absolute Gasteiger partial charge is 0.324 e. The molecule has 4 rings (SSSR count). The Labute approximate surface area is 205 Å². The van der Waals surface area contributed by atoms with E-state index in [9.17, 15) is 24.0 Å². The van der Waals surface area contributed by atoms with Gasteiger partial charge in [-0.15, -0.1) is 0 Å². The minimum atomic E-state index is -0.561. The summed E-state index contributed by atoms with van der Waals surface area (Å²) in [5, 5.41) is 0. The van der Waals surface area contributed by atoms with Crippen molar-refractivity contribution in [2.75, 3.05) is 0 Å². The Hall–Kier alpha value is -3.41. The first-order chi connectivity index (χ1) is 16.5. The lowest BCUT2D eigenvalue weighted by molar-refractivity contribution is -0.128. The maximum Gasteiger partial charge on any atom is 0.255 e. The summed E-state index contributed by atoms with van der Waals surface area (Å²) in [5.41, 5.74) is 3.69. The van der Waals surface area contributed by atoms with E-state index in [-0.39, 0.29) is 35.7 Å². The standard InChI is InChI=1S/C29H31NO5/c1-29(2,3)21-11-9-19(10-12-21)27(34)25(32)14-8-18-7-13-23-20(15-18)17-30(28(23)35)24-6-4-5-22(31)16-26(24)33/h7,9-13,15,24H,4-6,8,14,16-17H2,1-3H3/t24-/m0/s1. The zero-order valence-electron chi connectivity index (χ0n) is 20.6. The number of Topliss-reactive ketones (excluding diaryl/α,β-unsaturated/α-hetero) is 4. The van der Waals surface area contributed by atoms with Gasteiger partial charge in [0.05, 0.1) is 12.5 Å². The molecular formula is C29H31NO5. The summed E-state index contributed by atoms with van der Waals surface area (Å²) >= 11 is 0. The van der Waals surface area contributed by atoms with Crippen LogP contribution in [0.4, 0.5) is 0 Å². The molecule has 6 nitrogen and oxygen atoms in total. The van der Waals surface area contributed by atoms with Crippen molar-refractivity contribution in [3.63, 3.8) is 0 Å². The molecule has 0 aromatic heterocycles. The number of hydrogen-bond acceptors (Lipinski definition) is 5. The van der Waals surface area contributed by atoms with Gasteiger partial charge in [-0.25, -0.2) is 0 Å². The SMILES string of the molecule is CC(C)(C)c1ccc(C(=O)C(=O)CCc2ccc3c(c2)CN([C@H]2CCCC(=O)CC2=O)C3=O)cc1. The Kier molecular flexibility index (Phi) is 6.84. The summed E-state index contributed by atoms with van der Waals surface area (Å²) in [6, 6.07) is 12.0. The summed E-state index contributed by atoms with van der Waals surface area (Å²) in [6.07, 6.45) is 1.86. The number of ketones is 4. The second-order valence-electron chi connectivity index (χ2n) is 10.6. The van der Waals surface area contributed by atoms with Crippen molar-refractivity contribution in [3.05, 3.63) is 70.3 Å². The average Bonchev–Trinajstić information content (AvgIpc) is 3.03. The molecule has 0 spiro atoms. The fourth-order valence-corrected chi connectivity index (χ4v) is 4.84. The van der Waals surface area contributed by atoms with Crippen LogP contribution in [0.3, 0.4) is 0 Å². The summed E-state index contributed by atoms with van der Waals surface area (Å²) in [5.74, 6) is -1.37. The van der Waals surface area contributed by atoms with Gasteiger partial charge >= 0.3 is 0 Å². The van der Waals surface area contributed by atoms with Gasteiger partial charge in [0, 0.05) is 30.5 Å². The van der Waals surface area contributed by atoms with Gasteiger partial charge in [-0.1, -0.05) is 57.2 Å². The van der Waals surface area contributed by atoms with E-state index in [4.69, 9.17) is 0 Å². The molecule has 2 aliphatic rings. The highest BCUT2D eigenvalue weighted by molar-refractivity contribution is 6.43. The van der Waals surface area contributed by atoms with Gasteiger partial charge in [-0.2, -0.15) is 0 Å². The van der Waals surface area contributed by atoms with E-state index >= 15 is 0 Å². The Morgan fingerprint density at radius 1 is 1.00 bits per heavy atom. The van der Waals surface area contributed by atoms with Gasteiger partial charge in [0.25, 0.3) is 5.91 Å². The maximum absolute atomic E-state index is 12.9. The number of hydrogen-bond donors (Lipinski definition) is 0. The molecule has 35 heavy (non-hydrogen) atoms. The molecule has 0 radical (unpaired) electrons. The summed E-state index contributed by atoms with van der Waals surface area (Å²) < 4.78 is 0. The number of carbonyl (C=O) groups is 5. The summed E-state index contributed by atoms with van der Waals surface area (Å²) in [4.78, 5) is 63.9. The van der Waals surface area contributed by atoms with Crippen LogP contribution in [0.2, 0.25) is 0 Å². The molecule has 1 aliphatic heterocycles. The Morgan fingerprint density at radius 2 is 1.71 bits per heavy atom. The lowest BCUT2D eigenvalue weighted by atomic mass is 9.86. The predicted octanol–water partition coefficient (Wildman–Crippen LogP) is 4.41. The van der Waals surface area contributed by atoms with Crippen LogP contribution in [0, 0.1) is 0 Å². The number of aryl methyl sites for hydroxylation is 1. The molecule has 0 saturated heterocycles. The molecule has 2 aromatic rings. The van der Waals surface area contributed by atoms with Crippen molar-refractivity contribution in [2.24, 2.45) is 0 Å². The van der Waals surface area contributed by atoms with E-state index in [2.05, 4.69) is 20.8 Å². The molecule has 1 atom stereocenters. The van der Waals surface area contributed by atoms with Crippen LogP contribution < -0.4 is 0 Å². The third-order valence-corrected chi connectivity index (χ3v) is 6.96. The molecule has 0 unspecified atom stereocenters. The highest BCUT2D eigenvalue weighted by Gasteiger charge is 2.37. The van der Waals surface area contributed by atoms with Crippen LogP contribution in [0.15, 0.2) is 42.5 Å². The van der Waals surface area contributed by atoms with Gasteiger partial charge in [0.2, 0.25) is 11.6 Å². The monoisotopic (exact) mass is 473 g/mol. The Balaban J connectivity index is 1.39. The first kappa shape index (κ1) is 24.7. The number of carbonyl (C=O) groups excluding carboxylic acids is 5. The number of fused-ring (bicyclic) bond motifs is 1. The number of amides is 1. The van der Waals surface area contributed by atoms with Crippen LogP contribution in [-0.4, -0.2) is 40.0 Å². The van der Waals surface area contributed by atoms with Crippen LogP contribution in [0.1, 0.15) is 90.3 Å². The number of benzene rings is 2. The first-order valence-electron chi connectivity index (χ1n) is 12.2. The molecule has 0 bridgehead atoms. The van der Waals surface area contributed by atoms with E-state index in [0.717, 1.165) is 16.7 Å². The van der Waals surface area contributed by atoms with E-state index in [1.165, 1.54) is 0 Å². The fourth-order valence-electron chi connectivity index (χ4n) is 4.84. The smallest absolute Gasteiger partial charge is 0.255 e. The third kappa shape index (κ3) is 5.31. The molecule has 182 valence electrons. The van der Waals surface area contributed by atoms with E-state index in [1.54, 1.807) is 29.2 Å². The van der Waals surface area contributed by atoms with E-state index < -0.39 is 17.6 Å². The molecule has 2 aromatic carbocycles. The van der Waals surface area contributed by atoms with Gasteiger partial charge in [0.1, 0.15) is 5.78 Å². The second-order valence-corrected chi connectivity index (χ2v) is 10.6. The molecule has 1 saturated carbocycles. The van der Waals surface area contributed by atoms with Crippen molar-refractivity contribution >= 4 is 29.0 Å². The molecule has 1 aliphatic carbocycles. The van der Waals surface area contributed by atoms with Crippen LogP contribution in [0.25, 0.3) is 0 Å². The van der Waals surface area contributed by atoms with Crippen LogP contribution in [0.5, 0.6) is 0 Å². The average molecular weight is 474 g/mol. The van der Waals surface area contributed by atoms with Crippen molar-refractivity contribution in [1.82, 2.24) is 4.90 Å². The topological polar surface area (TPSA) is 88.6 Å². The first-order valence-corrected chi connectivity index (χ1v) is 12.2. The van der Waals surface area contributed by atoms with Crippen LogP contribution >= 0.6 is 0 Å². The van der Waals surface area contributed by atoms with Gasteiger partial charge < -0.3 is 4.90 Å². The lowest BCUT2D eigenvalue weighted by Crippen LogP contribution is -2.41. The minimum Gasteiger partial charge on any atom is -0.324 e. The van der Waals surface area contributed by atoms with E-state index in [1.807, 2.05) is 18.2 Å². The Bertz CT molecular complexity index is 1200. The quantitative estimate of drug-likeness (QED) is 0.268. The van der Waals surface area contributed by atoms with E-state index in [0.29, 0.717) is 43.4 Å².